The maximum absolute atomic E-state index is 12.2. The zero-order valence-electron chi connectivity index (χ0n) is 13.4. The second kappa shape index (κ2) is 7.51. The van der Waals surface area contributed by atoms with E-state index in [1.807, 2.05) is 20.8 Å². The number of hydrogen-bond acceptors (Lipinski definition) is 6. The van der Waals surface area contributed by atoms with Crippen LogP contribution in [0.3, 0.4) is 0 Å². The number of aromatic nitrogens is 4. The Morgan fingerprint density at radius 2 is 1.96 bits per heavy atom. The Bertz CT molecular complexity index is 725. The van der Waals surface area contributed by atoms with Gasteiger partial charge < -0.3 is 4.74 Å². The maximum atomic E-state index is 12.2. The molecule has 0 saturated heterocycles. The summed E-state index contributed by atoms with van der Waals surface area (Å²) < 4.78 is 34.0. The van der Waals surface area contributed by atoms with Crippen LogP contribution in [0.15, 0.2) is 29.2 Å². The number of nitrogens with zero attached hydrogens (tertiary/aromatic N) is 4. The number of tetrazole rings is 1. The minimum absolute atomic E-state index is 0.128. The maximum Gasteiger partial charge on any atom is 0.240 e. The van der Waals surface area contributed by atoms with Gasteiger partial charge in [0.15, 0.2) is 5.82 Å². The van der Waals surface area contributed by atoms with Crippen LogP contribution in [0.4, 0.5) is 0 Å². The molecule has 0 spiro atoms. The van der Waals surface area contributed by atoms with Crippen LogP contribution in [-0.2, 0) is 16.4 Å². The molecule has 0 aliphatic carbocycles. The number of rotatable bonds is 8. The number of nitrogens with one attached hydrogen (secondary N) is 1. The van der Waals surface area contributed by atoms with Gasteiger partial charge in [0.25, 0.3) is 0 Å². The molecule has 2 aromatic rings. The zero-order valence-corrected chi connectivity index (χ0v) is 14.2. The van der Waals surface area contributed by atoms with E-state index in [0.29, 0.717) is 24.6 Å². The fraction of sp³-hybridized carbons (Fsp3) is 0.500. The van der Waals surface area contributed by atoms with E-state index >= 15 is 0 Å². The molecule has 0 unspecified atom stereocenters. The molecule has 9 heteroatoms. The molecule has 23 heavy (non-hydrogen) atoms. The van der Waals surface area contributed by atoms with Crippen LogP contribution in [0.25, 0.3) is 0 Å². The zero-order chi connectivity index (χ0) is 16.9. The molecule has 0 atom stereocenters. The van der Waals surface area contributed by atoms with E-state index in [9.17, 15) is 8.42 Å². The van der Waals surface area contributed by atoms with Crippen molar-refractivity contribution in [2.45, 2.75) is 38.1 Å². The second-order valence-corrected chi connectivity index (χ2v) is 6.95. The first-order valence-electron chi connectivity index (χ1n) is 7.43. The first kappa shape index (κ1) is 17.4. The summed E-state index contributed by atoms with van der Waals surface area (Å²) in [5.74, 6) is 1.29. The summed E-state index contributed by atoms with van der Waals surface area (Å²) in [6.07, 6.45) is 0.418. The molecule has 2 rings (SSSR count). The second-order valence-electron chi connectivity index (χ2n) is 5.19. The lowest BCUT2D eigenvalue weighted by Crippen LogP contribution is -2.27. The minimum Gasteiger partial charge on any atom is -0.494 e. The highest BCUT2D eigenvalue weighted by atomic mass is 32.2. The van der Waals surface area contributed by atoms with E-state index < -0.39 is 10.0 Å². The summed E-state index contributed by atoms with van der Waals surface area (Å²) in [6.45, 7) is 6.56. The molecule has 0 radical (unpaired) electrons. The molecule has 126 valence electrons. The van der Waals surface area contributed by atoms with Crippen molar-refractivity contribution in [3.05, 3.63) is 30.1 Å². The Kier molecular flexibility index (Phi) is 5.67. The van der Waals surface area contributed by atoms with Gasteiger partial charge in [0, 0.05) is 13.0 Å². The van der Waals surface area contributed by atoms with E-state index in [-0.39, 0.29) is 17.5 Å². The molecular weight excluding hydrogens is 318 g/mol. The van der Waals surface area contributed by atoms with Gasteiger partial charge >= 0.3 is 0 Å². The van der Waals surface area contributed by atoms with Crippen LogP contribution >= 0.6 is 0 Å². The van der Waals surface area contributed by atoms with Crippen LogP contribution in [0, 0.1) is 0 Å². The molecule has 0 saturated carbocycles. The number of benzene rings is 1. The van der Waals surface area contributed by atoms with E-state index in [1.165, 1.54) is 12.1 Å². The van der Waals surface area contributed by atoms with Crippen molar-refractivity contribution < 1.29 is 13.2 Å². The minimum atomic E-state index is -3.56. The van der Waals surface area contributed by atoms with Gasteiger partial charge in [-0.25, -0.2) is 17.8 Å². The summed E-state index contributed by atoms with van der Waals surface area (Å²) >= 11 is 0. The molecule has 1 aromatic heterocycles. The quantitative estimate of drug-likeness (QED) is 0.775. The van der Waals surface area contributed by atoms with Gasteiger partial charge in [-0.05, 0) is 55.5 Å². The SMILES string of the molecule is CCOc1ccc(S(=O)(=O)NCCc2nnnn2C(C)C)cc1. The van der Waals surface area contributed by atoms with E-state index in [0.717, 1.165) is 0 Å². The summed E-state index contributed by atoms with van der Waals surface area (Å²) in [4.78, 5) is 0.199. The Labute approximate surface area is 135 Å². The summed E-state index contributed by atoms with van der Waals surface area (Å²) in [5, 5.41) is 11.4. The molecule has 0 fully saturated rings. The molecular formula is C14H21N5O3S. The van der Waals surface area contributed by atoms with E-state index in [1.54, 1.807) is 16.8 Å². The van der Waals surface area contributed by atoms with Gasteiger partial charge in [-0.15, -0.1) is 5.10 Å². The predicted molar refractivity (Wildman–Crippen MR) is 84.7 cm³/mol. The van der Waals surface area contributed by atoms with Crippen molar-refractivity contribution in [2.75, 3.05) is 13.2 Å². The van der Waals surface area contributed by atoms with Crippen LogP contribution in [0.5, 0.6) is 5.75 Å². The van der Waals surface area contributed by atoms with Crippen molar-refractivity contribution in [3.63, 3.8) is 0 Å². The van der Waals surface area contributed by atoms with Crippen molar-refractivity contribution in [2.24, 2.45) is 0 Å². The highest BCUT2D eigenvalue weighted by molar-refractivity contribution is 7.89. The highest BCUT2D eigenvalue weighted by Gasteiger charge is 2.15. The Morgan fingerprint density at radius 1 is 1.26 bits per heavy atom. The van der Waals surface area contributed by atoms with Crippen molar-refractivity contribution in [1.82, 2.24) is 24.9 Å². The fourth-order valence-corrected chi connectivity index (χ4v) is 3.07. The molecule has 1 aromatic carbocycles. The van der Waals surface area contributed by atoms with Crippen LogP contribution in [0.2, 0.25) is 0 Å². The molecule has 1 N–H and O–H groups in total. The highest BCUT2D eigenvalue weighted by Crippen LogP contribution is 2.15. The summed E-state index contributed by atoms with van der Waals surface area (Å²) in [7, 11) is -3.56. The largest absolute Gasteiger partial charge is 0.494 e. The molecule has 1 heterocycles. The van der Waals surface area contributed by atoms with Crippen LogP contribution in [-0.4, -0.2) is 41.8 Å². The van der Waals surface area contributed by atoms with Gasteiger partial charge in [-0.3, -0.25) is 0 Å². The fourth-order valence-electron chi connectivity index (χ4n) is 2.04. The van der Waals surface area contributed by atoms with Crippen molar-refractivity contribution in [1.29, 1.82) is 0 Å². The van der Waals surface area contributed by atoms with Crippen LogP contribution < -0.4 is 9.46 Å². The standard InChI is InChI=1S/C14H21N5O3S/c1-4-22-12-5-7-13(8-6-12)23(20,21)15-10-9-14-16-17-18-19(14)11(2)3/h5-8,11,15H,4,9-10H2,1-3H3. The first-order valence-corrected chi connectivity index (χ1v) is 8.91. The monoisotopic (exact) mass is 339 g/mol. The number of ether oxygens (including phenoxy) is 1. The molecule has 0 amide bonds. The molecule has 8 nitrogen and oxygen atoms in total. The molecule has 0 aliphatic rings. The van der Waals surface area contributed by atoms with Gasteiger partial charge in [0.2, 0.25) is 10.0 Å². The van der Waals surface area contributed by atoms with Gasteiger partial charge in [0.1, 0.15) is 5.75 Å². The molecule has 0 aliphatic heterocycles. The lowest BCUT2D eigenvalue weighted by atomic mass is 10.3. The Morgan fingerprint density at radius 3 is 2.57 bits per heavy atom. The topological polar surface area (TPSA) is 99.0 Å². The smallest absolute Gasteiger partial charge is 0.240 e. The van der Waals surface area contributed by atoms with Crippen LogP contribution in [0.1, 0.15) is 32.6 Å². The van der Waals surface area contributed by atoms with E-state index in [4.69, 9.17) is 4.74 Å². The Hall–Kier alpha value is -2.00. The van der Waals surface area contributed by atoms with Gasteiger partial charge in [0.05, 0.1) is 17.5 Å². The summed E-state index contributed by atoms with van der Waals surface area (Å²) in [6, 6.07) is 6.44. The number of hydrogen-bond donors (Lipinski definition) is 1. The first-order chi connectivity index (χ1) is 10.9. The average molecular weight is 339 g/mol. The van der Waals surface area contributed by atoms with Crippen molar-refractivity contribution >= 4 is 10.0 Å². The average Bonchev–Trinajstić information content (AvgIpc) is 2.97. The third kappa shape index (κ3) is 4.49. The summed E-state index contributed by atoms with van der Waals surface area (Å²) in [5.41, 5.74) is 0. The van der Waals surface area contributed by atoms with E-state index in [2.05, 4.69) is 20.2 Å². The Balaban J connectivity index is 1.97. The lowest BCUT2D eigenvalue weighted by Gasteiger charge is -2.09. The van der Waals surface area contributed by atoms with Gasteiger partial charge in [-0.2, -0.15) is 0 Å². The van der Waals surface area contributed by atoms with Gasteiger partial charge in [-0.1, -0.05) is 0 Å². The molecule has 0 bridgehead atoms. The number of sulfonamides is 1. The normalized spacial score (nSPS) is 11.8. The lowest BCUT2D eigenvalue weighted by molar-refractivity contribution is 0.340. The third-order valence-electron chi connectivity index (χ3n) is 3.14. The van der Waals surface area contributed by atoms with Crippen molar-refractivity contribution in [3.8, 4) is 5.75 Å². The predicted octanol–water partition coefficient (Wildman–Crippen LogP) is 1.17. The third-order valence-corrected chi connectivity index (χ3v) is 4.61.